The Kier molecular flexibility index (Phi) is 6.65. The molecule has 0 aromatic heterocycles. The zero-order chi connectivity index (χ0) is 12.7. The van der Waals surface area contributed by atoms with Crippen LogP contribution in [0, 0.1) is 0 Å². The molecule has 0 aliphatic carbocycles. The molecule has 1 aliphatic heterocycles. The van der Waals surface area contributed by atoms with Crippen molar-refractivity contribution in [3.63, 3.8) is 0 Å². The summed E-state index contributed by atoms with van der Waals surface area (Å²) >= 11 is 0. The van der Waals surface area contributed by atoms with Crippen LogP contribution in [-0.2, 0) is 18.0 Å². The van der Waals surface area contributed by atoms with Gasteiger partial charge in [-0.2, -0.15) is 0 Å². The maximum absolute atomic E-state index is 5.93. The van der Waals surface area contributed by atoms with Crippen LogP contribution in [0.2, 0.25) is 5.54 Å². The average molecular weight is 262 g/mol. The molecule has 0 aromatic carbocycles. The van der Waals surface area contributed by atoms with Crippen LogP contribution in [-0.4, -0.2) is 41.3 Å². The lowest BCUT2D eigenvalue weighted by molar-refractivity contribution is 0.0582. The molecule has 5 heteroatoms. The van der Waals surface area contributed by atoms with Gasteiger partial charge in [-0.15, -0.1) is 0 Å². The second kappa shape index (κ2) is 7.48. The van der Waals surface area contributed by atoms with E-state index in [9.17, 15) is 0 Å². The quantitative estimate of drug-likeness (QED) is 0.448. The van der Waals surface area contributed by atoms with Crippen LogP contribution < -0.4 is 0 Å². The van der Waals surface area contributed by atoms with E-state index in [2.05, 4.69) is 6.92 Å². The van der Waals surface area contributed by atoms with E-state index in [-0.39, 0.29) is 0 Å². The summed E-state index contributed by atoms with van der Waals surface area (Å²) in [7, 11) is -2.53. The topological polar surface area (TPSA) is 40.2 Å². The SMILES string of the molecule is CCO[Si](OCC)(OCC)C(CC)CC1CO1. The summed E-state index contributed by atoms with van der Waals surface area (Å²) in [5.74, 6) is 0. The van der Waals surface area contributed by atoms with Crippen LogP contribution in [0.4, 0.5) is 0 Å². The molecule has 1 aliphatic rings. The minimum absolute atomic E-state index is 0.356. The van der Waals surface area contributed by atoms with Crippen molar-refractivity contribution in [2.45, 2.75) is 52.2 Å². The molecule has 0 aromatic rings. The lowest BCUT2D eigenvalue weighted by atomic mass is 10.2. The predicted octanol–water partition coefficient (Wildman–Crippen LogP) is 2.60. The Morgan fingerprint density at radius 1 is 1.06 bits per heavy atom. The molecule has 1 rings (SSSR count). The van der Waals surface area contributed by atoms with Gasteiger partial charge in [0, 0.05) is 25.4 Å². The van der Waals surface area contributed by atoms with Gasteiger partial charge in [-0.25, -0.2) is 0 Å². The molecule has 0 saturated carbocycles. The first-order valence-electron chi connectivity index (χ1n) is 6.75. The van der Waals surface area contributed by atoms with E-state index in [0.29, 0.717) is 31.5 Å². The Morgan fingerprint density at radius 3 is 1.82 bits per heavy atom. The fraction of sp³-hybridized carbons (Fsp3) is 1.00. The second-order valence-electron chi connectivity index (χ2n) is 4.20. The zero-order valence-electron chi connectivity index (χ0n) is 11.5. The van der Waals surface area contributed by atoms with Crippen molar-refractivity contribution in [3.05, 3.63) is 0 Å². The van der Waals surface area contributed by atoms with Gasteiger partial charge in [0.25, 0.3) is 0 Å². The van der Waals surface area contributed by atoms with E-state index in [1.807, 2.05) is 20.8 Å². The van der Waals surface area contributed by atoms with Gasteiger partial charge in [0.2, 0.25) is 0 Å². The van der Waals surface area contributed by atoms with Crippen LogP contribution in [0.15, 0.2) is 0 Å². The van der Waals surface area contributed by atoms with Crippen molar-refractivity contribution in [1.29, 1.82) is 0 Å². The molecule has 2 atom stereocenters. The fourth-order valence-electron chi connectivity index (χ4n) is 2.16. The van der Waals surface area contributed by atoms with Gasteiger partial charge in [-0.3, -0.25) is 0 Å². The molecule has 4 nitrogen and oxygen atoms in total. The Balaban J connectivity index is 2.72. The van der Waals surface area contributed by atoms with E-state index in [1.54, 1.807) is 0 Å². The molecule has 1 heterocycles. The Labute approximate surface area is 106 Å². The normalized spacial score (nSPS) is 21.5. The van der Waals surface area contributed by atoms with Gasteiger partial charge < -0.3 is 18.0 Å². The molecule has 102 valence electrons. The Bertz CT molecular complexity index is 192. The average Bonchev–Trinajstić information content (AvgIpc) is 3.10. The van der Waals surface area contributed by atoms with Crippen molar-refractivity contribution < 1.29 is 18.0 Å². The highest BCUT2D eigenvalue weighted by Crippen LogP contribution is 2.36. The van der Waals surface area contributed by atoms with E-state index < -0.39 is 8.80 Å². The van der Waals surface area contributed by atoms with Gasteiger partial charge in [-0.05, 0) is 33.6 Å². The molecule has 0 spiro atoms. The molecule has 0 amide bonds. The Morgan fingerprint density at radius 2 is 1.53 bits per heavy atom. The standard InChI is InChI=1S/C12H26O4Si/c1-5-12(9-11-10-13-11)17(14-6-2,15-7-3)16-8-4/h11-12H,5-10H2,1-4H3. The summed E-state index contributed by atoms with van der Waals surface area (Å²) in [4.78, 5) is 0. The molecule has 17 heavy (non-hydrogen) atoms. The van der Waals surface area contributed by atoms with Crippen LogP contribution in [0.5, 0.6) is 0 Å². The minimum atomic E-state index is -2.53. The molecule has 1 saturated heterocycles. The molecule has 0 N–H and O–H groups in total. The van der Waals surface area contributed by atoms with Gasteiger partial charge >= 0.3 is 8.80 Å². The lowest BCUT2D eigenvalue weighted by Gasteiger charge is -2.34. The molecule has 2 unspecified atom stereocenters. The van der Waals surface area contributed by atoms with Crippen LogP contribution in [0.1, 0.15) is 40.5 Å². The smallest absolute Gasteiger partial charge is 0.374 e. The summed E-state index contributed by atoms with van der Waals surface area (Å²) in [6, 6.07) is 0. The highest BCUT2D eigenvalue weighted by molar-refractivity contribution is 6.62. The summed E-state index contributed by atoms with van der Waals surface area (Å²) in [6.45, 7) is 11.0. The highest BCUT2D eigenvalue weighted by atomic mass is 28.4. The number of rotatable bonds is 10. The Hall–Kier alpha value is 0.0569. The van der Waals surface area contributed by atoms with Crippen LogP contribution >= 0.6 is 0 Å². The molecular formula is C12H26O4Si. The second-order valence-corrected chi connectivity index (χ2v) is 7.09. The van der Waals surface area contributed by atoms with E-state index in [4.69, 9.17) is 18.0 Å². The van der Waals surface area contributed by atoms with Gasteiger partial charge in [0.05, 0.1) is 12.7 Å². The third-order valence-electron chi connectivity index (χ3n) is 2.98. The minimum Gasteiger partial charge on any atom is -0.374 e. The monoisotopic (exact) mass is 262 g/mol. The third-order valence-corrected chi connectivity index (χ3v) is 6.70. The summed E-state index contributed by atoms with van der Waals surface area (Å²) in [5, 5.41) is 0. The van der Waals surface area contributed by atoms with Gasteiger partial charge in [-0.1, -0.05) is 6.92 Å². The predicted molar refractivity (Wildman–Crippen MR) is 69.0 cm³/mol. The van der Waals surface area contributed by atoms with Crippen molar-refractivity contribution in [2.24, 2.45) is 0 Å². The first-order chi connectivity index (χ1) is 8.22. The van der Waals surface area contributed by atoms with Crippen molar-refractivity contribution in [1.82, 2.24) is 0 Å². The molecular weight excluding hydrogens is 236 g/mol. The van der Waals surface area contributed by atoms with E-state index in [0.717, 1.165) is 19.4 Å². The number of epoxide rings is 1. The maximum atomic E-state index is 5.93. The van der Waals surface area contributed by atoms with Crippen LogP contribution in [0.25, 0.3) is 0 Å². The first kappa shape index (κ1) is 15.1. The van der Waals surface area contributed by atoms with Gasteiger partial charge in [0.15, 0.2) is 0 Å². The fourth-order valence-corrected chi connectivity index (χ4v) is 5.38. The largest absolute Gasteiger partial charge is 0.504 e. The number of ether oxygens (including phenoxy) is 1. The summed E-state index contributed by atoms with van der Waals surface area (Å²) < 4.78 is 23.1. The summed E-state index contributed by atoms with van der Waals surface area (Å²) in [5.41, 5.74) is 0.356. The third kappa shape index (κ3) is 4.33. The molecule has 1 fully saturated rings. The van der Waals surface area contributed by atoms with Gasteiger partial charge in [0.1, 0.15) is 0 Å². The lowest BCUT2D eigenvalue weighted by Crippen LogP contribution is -2.50. The maximum Gasteiger partial charge on any atom is 0.504 e. The number of hydrogen-bond acceptors (Lipinski definition) is 4. The summed E-state index contributed by atoms with van der Waals surface area (Å²) in [6.07, 6.45) is 2.42. The highest BCUT2D eigenvalue weighted by Gasteiger charge is 2.50. The van der Waals surface area contributed by atoms with Crippen molar-refractivity contribution in [3.8, 4) is 0 Å². The molecule has 0 radical (unpaired) electrons. The van der Waals surface area contributed by atoms with Crippen LogP contribution in [0.3, 0.4) is 0 Å². The first-order valence-corrected chi connectivity index (χ1v) is 8.55. The zero-order valence-corrected chi connectivity index (χ0v) is 12.5. The van der Waals surface area contributed by atoms with E-state index >= 15 is 0 Å². The van der Waals surface area contributed by atoms with Crippen molar-refractivity contribution in [2.75, 3.05) is 26.4 Å². The number of hydrogen-bond donors (Lipinski definition) is 0. The van der Waals surface area contributed by atoms with Crippen molar-refractivity contribution >= 4 is 8.80 Å². The molecule has 0 bridgehead atoms. The van der Waals surface area contributed by atoms with E-state index in [1.165, 1.54) is 0 Å².